The van der Waals surface area contributed by atoms with Gasteiger partial charge in [0.15, 0.2) is 5.16 Å². The molecule has 2 heterocycles. The molecule has 3 aliphatic rings. The van der Waals surface area contributed by atoms with Crippen molar-refractivity contribution >= 4 is 11.8 Å². The Hall–Kier alpha value is -1.85. The molecule has 0 bridgehead atoms. The highest BCUT2D eigenvalue weighted by Gasteiger charge is 2.45. The van der Waals surface area contributed by atoms with Gasteiger partial charge in [-0.1, -0.05) is 61.0 Å². The van der Waals surface area contributed by atoms with Crippen LogP contribution in [0, 0.1) is 0 Å². The summed E-state index contributed by atoms with van der Waals surface area (Å²) in [6.45, 7) is 11.1. The van der Waals surface area contributed by atoms with Crippen LogP contribution in [0.5, 0.6) is 0 Å². The second kappa shape index (κ2) is 8.18. The van der Waals surface area contributed by atoms with Crippen LogP contribution >= 0.6 is 11.8 Å². The number of aromatic nitrogens is 2. The molecule has 1 unspecified atom stereocenters. The van der Waals surface area contributed by atoms with Crippen molar-refractivity contribution < 1.29 is 4.74 Å². The minimum absolute atomic E-state index is 0.0618. The molecule has 5 rings (SSSR count). The molecule has 1 aromatic carbocycles. The number of nitrogens with zero attached hydrogens (tertiary/aromatic N) is 2. The van der Waals surface area contributed by atoms with E-state index in [1.54, 1.807) is 11.8 Å². The van der Waals surface area contributed by atoms with E-state index < -0.39 is 0 Å². The molecular formula is C27H34N2O2S. The van der Waals surface area contributed by atoms with Gasteiger partial charge in [-0.3, -0.25) is 9.36 Å². The van der Waals surface area contributed by atoms with Crippen molar-refractivity contribution in [3.05, 3.63) is 57.9 Å². The molecule has 1 saturated heterocycles. The van der Waals surface area contributed by atoms with Gasteiger partial charge in [-0.2, -0.15) is 0 Å². The fourth-order valence-corrected chi connectivity index (χ4v) is 6.96. The summed E-state index contributed by atoms with van der Waals surface area (Å²) in [5.74, 6) is 0.768. The quantitative estimate of drug-likeness (QED) is 0.322. The number of benzene rings is 1. The molecule has 170 valence electrons. The van der Waals surface area contributed by atoms with Crippen LogP contribution in [0.3, 0.4) is 0 Å². The topological polar surface area (TPSA) is 44.1 Å². The Labute approximate surface area is 195 Å². The Bertz CT molecular complexity index is 1110. The summed E-state index contributed by atoms with van der Waals surface area (Å²) in [5, 5.41) is 0.837. The first-order valence-electron chi connectivity index (χ1n) is 12.0. The van der Waals surface area contributed by atoms with Crippen LogP contribution in [-0.2, 0) is 16.6 Å². The Morgan fingerprint density at radius 3 is 2.75 bits per heavy atom. The molecule has 1 spiro atoms. The summed E-state index contributed by atoms with van der Waals surface area (Å²) in [5.41, 5.74) is 5.40. The third-order valence-corrected chi connectivity index (χ3v) is 8.64. The first-order valence-corrected chi connectivity index (χ1v) is 12.9. The van der Waals surface area contributed by atoms with Gasteiger partial charge in [0.05, 0.1) is 16.9 Å². The van der Waals surface area contributed by atoms with Gasteiger partial charge in [0.25, 0.3) is 5.56 Å². The van der Waals surface area contributed by atoms with Gasteiger partial charge in [-0.15, -0.1) is 0 Å². The largest absolute Gasteiger partial charge is 0.375 e. The molecule has 2 fully saturated rings. The van der Waals surface area contributed by atoms with E-state index in [1.165, 1.54) is 18.4 Å². The molecule has 32 heavy (non-hydrogen) atoms. The average molecular weight is 451 g/mol. The molecule has 1 aliphatic heterocycles. The lowest BCUT2D eigenvalue weighted by molar-refractivity contribution is -0.0710. The molecule has 1 saturated carbocycles. The zero-order valence-electron chi connectivity index (χ0n) is 19.6. The number of rotatable bonds is 4. The molecule has 1 atom stereocenters. The molecule has 0 N–H and O–H groups in total. The predicted molar refractivity (Wildman–Crippen MR) is 132 cm³/mol. The number of ether oxygens (including phenoxy) is 1. The Morgan fingerprint density at radius 1 is 1.28 bits per heavy atom. The Balaban J connectivity index is 1.74. The molecule has 5 heteroatoms. The fourth-order valence-electron chi connectivity index (χ4n) is 6.06. The van der Waals surface area contributed by atoms with E-state index in [-0.39, 0.29) is 22.6 Å². The van der Waals surface area contributed by atoms with E-state index in [4.69, 9.17) is 9.72 Å². The normalized spacial score (nSPS) is 23.0. The lowest BCUT2D eigenvalue weighted by Crippen LogP contribution is -2.44. The van der Waals surface area contributed by atoms with Crippen LogP contribution in [0.4, 0.5) is 0 Å². The number of hydrogen-bond acceptors (Lipinski definition) is 4. The highest BCUT2D eigenvalue weighted by Crippen LogP contribution is 2.50. The van der Waals surface area contributed by atoms with Crippen LogP contribution in [0.15, 0.2) is 46.4 Å². The van der Waals surface area contributed by atoms with Crippen molar-refractivity contribution in [1.82, 2.24) is 9.55 Å². The van der Waals surface area contributed by atoms with Crippen LogP contribution in [0.25, 0.3) is 11.3 Å². The lowest BCUT2D eigenvalue weighted by Gasteiger charge is -2.40. The van der Waals surface area contributed by atoms with Crippen LogP contribution in [-0.4, -0.2) is 27.5 Å². The second-order valence-electron chi connectivity index (χ2n) is 10.6. The van der Waals surface area contributed by atoms with Gasteiger partial charge in [0.2, 0.25) is 0 Å². The molecule has 1 aromatic heterocycles. The number of thioether (sulfide) groups is 1. The van der Waals surface area contributed by atoms with Gasteiger partial charge in [-0.25, -0.2) is 4.98 Å². The summed E-state index contributed by atoms with van der Waals surface area (Å²) in [6.07, 6.45) is 7.21. The third kappa shape index (κ3) is 3.77. The number of hydrogen-bond donors (Lipinski definition) is 0. The Morgan fingerprint density at radius 2 is 2.03 bits per heavy atom. The highest BCUT2D eigenvalue weighted by atomic mass is 32.2. The first kappa shape index (κ1) is 22.0. The third-order valence-electron chi connectivity index (χ3n) is 7.46. The van der Waals surface area contributed by atoms with Crippen molar-refractivity contribution in [2.24, 2.45) is 0 Å². The van der Waals surface area contributed by atoms with E-state index >= 15 is 0 Å². The van der Waals surface area contributed by atoms with Crippen molar-refractivity contribution in [2.45, 2.75) is 87.9 Å². The highest BCUT2D eigenvalue weighted by molar-refractivity contribution is 7.99. The molecule has 2 aliphatic carbocycles. The summed E-state index contributed by atoms with van der Waals surface area (Å²) >= 11 is 1.65. The van der Waals surface area contributed by atoms with Gasteiger partial charge in [0, 0.05) is 29.4 Å². The molecule has 0 radical (unpaired) electrons. The maximum atomic E-state index is 14.4. The van der Waals surface area contributed by atoms with E-state index in [0.29, 0.717) is 6.61 Å². The van der Waals surface area contributed by atoms with E-state index in [2.05, 4.69) is 44.7 Å². The van der Waals surface area contributed by atoms with Crippen LogP contribution in [0.1, 0.15) is 76.5 Å². The average Bonchev–Trinajstić information content (AvgIpc) is 3.19. The zero-order chi connectivity index (χ0) is 22.5. The fraction of sp³-hybridized carbons (Fsp3) is 0.556. The standard InChI is InChI=1S/C27H34N2O2S/c1-18(2)17-32-25-28-23-21-10-6-5-9-19(21)15-27(12-7-8-13-27)22(23)24(30)29(25)20-11-14-31-26(3,4)16-20/h5-6,9-10,20H,1,7-8,11-17H2,2-4H3. The first-order chi connectivity index (χ1) is 15.3. The van der Waals surface area contributed by atoms with Crippen molar-refractivity contribution in [2.75, 3.05) is 12.4 Å². The SMILES string of the molecule is C=C(C)CSc1nc2c(c(=O)n1C1CCOC(C)(C)C1)C1(CCCC1)Cc1ccccc1-2. The van der Waals surface area contributed by atoms with Crippen molar-refractivity contribution in [3.63, 3.8) is 0 Å². The molecule has 2 aromatic rings. The van der Waals surface area contributed by atoms with Crippen molar-refractivity contribution in [3.8, 4) is 11.3 Å². The van der Waals surface area contributed by atoms with Gasteiger partial charge < -0.3 is 4.74 Å². The minimum atomic E-state index is -0.230. The van der Waals surface area contributed by atoms with Crippen LogP contribution < -0.4 is 5.56 Å². The van der Waals surface area contributed by atoms with E-state index in [0.717, 1.165) is 65.4 Å². The predicted octanol–water partition coefficient (Wildman–Crippen LogP) is 6.08. The smallest absolute Gasteiger partial charge is 0.258 e. The summed E-state index contributed by atoms with van der Waals surface area (Å²) < 4.78 is 8.04. The molecule has 4 nitrogen and oxygen atoms in total. The summed E-state index contributed by atoms with van der Waals surface area (Å²) in [7, 11) is 0. The zero-order valence-corrected chi connectivity index (χ0v) is 20.4. The summed E-state index contributed by atoms with van der Waals surface area (Å²) in [4.78, 5) is 19.7. The lowest BCUT2D eigenvalue weighted by atomic mass is 9.68. The second-order valence-corrected chi connectivity index (χ2v) is 11.6. The maximum Gasteiger partial charge on any atom is 0.258 e. The van der Waals surface area contributed by atoms with Crippen LogP contribution in [0.2, 0.25) is 0 Å². The summed E-state index contributed by atoms with van der Waals surface area (Å²) in [6, 6.07) is 8.69. The van der Waals surface area contributed by atoms with Gasteiger partial charge in [-0.05, 0) is 58.4 Å². The molecular weight excluding hydrogens is 416 g/mol. The monoisotopic (exact) mass is 450 g/mol. The van der Waals surface area contributed by atoms with Gasteiger partial charge in [0.1, 0.15) is 0 Å². The van der Waals surface area contributed by atoms with E-state index in [9.17, 15) is 4.79 Å². The maximum absolute atomic E-state index is 14.4. The van der Waals surface area contributed by atoms with Crippen molar-refractivity contribution in [1.29, 1.82) is 0 Å². The Kier molecular flexibility index (Phi) is 5.61. The number of fused-ring (bicyclic) bond motifs is 4. The van der Waals surface area contributed by atoms with E-state index in [1.807, 2.05) is 11.5 Å². The van der Waals surface area contributed by atoms with Gasteiger partial charge >= 0.3 is 0 Å². The minimum Gasteiger partial charge on any atom is -0.375 e. The molecule has 0 amide bonds.